The standard InChI is InChI=1S/C11H11N5O2S/c1-17-6-10-4-9(14-18-10)5-16-13-11(12-15-16)8-2-3-19-7-8/h2-4,7H,5-6H2,1H3. The fourth-order valence-corrected chi connectivity index (χ4v) is 2.24. The van der Waals surface area contributed by atoms with Crippen molar-refractivity contribution in [2.75, 3.05) is 7.11 Å². The minimum absolute atomic E-state index is 0.401. The second kappa shape index (κ2) is 5.29. The molecule has 0 radical (unpaired) electrons. The minimum atomic E-state index is 0.401. The van der Waals surface area contributed by atoms with Gasteiger partial charge in [0.15, 0.2) is 5.76 Å². The van der Waals surface area contributed by atoms with Crippen molar-refractivity contribution >= 4 is 11.3 Å². The molecule has 8 heteroatoms. The maximum absolute atomic E-state index is 5.09. The fraction of sp³-hybridized carbons (Fsp3) is 0.273. The molecule has 0 aliphatic carbocycles. The van der Waals surface area contributed by atoms with Crippen molar-refractivity contribution < 1.29 is 9.26 Å². The first-order chi connectivity index (χ1) is 9.35. The van der Waals surface area contributed by atoms with Gasteiger partial charge in [-0.25, -0.2) is 0 Å². The zero-order chi connectivity index (χ0) is 13.1. The SMILES string of the molecule is COCc1cc(Cn2nnc(-c3ccsc3)n2)no1. The zero-order valence-corrected chi connectivity index (χ0v) is 11.0. The lowest BCUT2D eigenvalue weighted by atomic mass is 10.3. The minimum Gasteiger partial charge on any atom is -0.377 e. The molecule has 0 unspecified atom stereocenters. The van der Waals surface area contributed by atoms with Crippen molar-refractivity contribution in [3.63, 3.8) is 0 Å². The highest BCUT2D eigenvalue weighted by molar-refractivity contribution is 7.08. The van der Waals surface area contributed by atoms with E-state index in [1.807, 2.05) is 22.9 Å². The summed E-state index contributed by atoms with van der Waals surface area (Å²) in [6, 6.07) is 3.77. The van der Waals surface area contributed by atoms with Crippen LogP contribution in [0.25, 0.3) is 11.4 Å². The number of nitrogens with zero attached hydrogens (tertiary/aromatic N) is 5. The zero-order valence-electron chi connectivity index (χ0n) is 10.2. The van der Waals surface area contributed by atoms with E-state index < -0.39 is 0 Å². The maximum atomic E-state index is 5.09. The number of hydrogen-bond acceptors (Lipinski definition) is 7. The summed E-state index contributed by atoms with van der Waals surface area (Å²) >= 11 is 1.60. The van der Waals surface area contributed by atoms with Gasteiger partial charge in [0, 0.05) is 24.1 Å². The van der Waals surface area contributed by atoms with Crippen molar-refractivity contribution in [2.24, 2.45) is 0 Å². The maximum Gasteiger partial charge on any atom is 0.205 e. The molecule has 3 heterocycles. The van der Waals surface area contributed by atoms with E-state index in [1.54, 1.807) is 18.4 Å². The van der Waals surface area contributed by atoms with E-state index in [2.05, 4.69) is 20.6 Å². The van der Waals surface area contributed by atoms with E-state index in [9.17, 15) is 0 Å². The smallest absolute Gasteiger partial charge is 0.205 e. The van der Waals surface area contributed by atoms with Crippen molar-refractivity contribution in [1.29, 1.82) is 0 Å². The summed E-state index contributed by atoms with van der Waals surface area (Å²) in [5.41, 5.74) is 1.71. The number of thiophene rings is 1. The summed E-state index contributed by atoms with van der Waals surface area (Å²) in [5.74, 6) is 1.29. The molecule has 7 nitrogen and oxygen atoms in total. The van der Waals surface area contributed by atoms with Crippen LogP contribution in [-0.2, 0) is 17.9 Å². The highest BCUT2D eigenvalue weighted by Gasteiger charge is 2.09. The first-order valence-electron chi connectivity index (χ1n) is 5.59. The third kappa shape index (κ3) is 2.69. The van der Waals surface area contributed by atoms with Crippen molar-refractivity contribution in [3.8, 4) is 11.4 Å². The molecule has 0 fully saturated rings. The monoisotopic (exact) mass is 277 g/mol. The highest BCUT2D eigenvalue weighted by atomic mass is 32.1. The van der Waals surface area contributed by atoms with E-state index in [4.69, 9.17) is 9.26 Å². The van der Waals surface area contributed by atoms with Gasteiger partial charge in [-0.3, -0.25) is 0 Å². The molecule has 0 saturated carbocycles. The van der Waals surface area contributed by atoms with E-state index in [-0.39, 0.29) is 0 Å². The molecule has 0 atom stereocenters. The third-order valence-corrected chi connectivity index (χ3v) is 3.11. The van der Waals surface area contributed by atoms with Gasteiger partial charge < -0.3 is 9.26 Å². The Bertz CT molecular complexity index is 646. The van der Waals surface area contributed by atoms with Gasteiger partial charge in [-0.1, -0.05) is 5.16 Å². The van der Waals surface area contributed by atoms with Gasteiger partial charge >= 0.3 is 0 Å². The predicted molar refractivity (Wildman–Crippen MR) is 67.4 cm³/mol. The Morgan fingerprint density at radius 3 is 3.21 bits per heavy atom. The van der Waals surface area contributed by atoms with E-state index in [0.717, 1.165) is 11.3 Å². The van der Waals surface area contributed by atoms with Gasteiger partial charge in [0.25, 0.3) is 0 Å². The Morgan fingerprint density at radius 2 is 2.42 bits per heavy atom. The van der Waals surface area contributed by atoms with E-state index >= 15 is 0 Å². The normalized spacial score (nSPS) is 11.0. The molecule has 0 aliphatic rings. The molecule has 98 valence electrons. The van der Waals surface area contributed by atoms with Crippen LogP contribution in [-0.4, -0.2) is 32.5 Å². The average molecular weight is 277 g/mol. The van der Waals surface area contributed by atoms with Crippen LogP contribution < -0.4 is 0 Å². The first kappa shape index (κ1) is 12.0. The lowest BCUT2D eigenvalue weighted by Gasteiger charge is -1.91. The molecule has 0 amide bonds. The molecule has 3 aromatic rings. The van der Waals surface area contributed by atoms with Crippen LogP contribution in [0.3, 0.4) is 0 Å². The Morgan fingerprint density at radius 1 is 1.47 bits per heavy atom. The van der Waals surface area contributed by atoms with Crippen LogP contribution >= 0.6 is 11.3 Å². The van der Waals surface area contributed by atoms with Crippen LogP contribution in [0.4, 0.5) is 0 Å². The van der Waals surface area contributed by atoms with Crippen LogP contribution in [0, 0.1) is 0 Å². The Balaban J connectivity index is 1.72. The quantitative estimate of drug-likeness (QED) is 0.704. The number of ether oxygens (including phenoxy) is 1. The Hall–Kier alpha value is -2.06. The van der Waals surface area contributed by atoms with Crippen molar-refractivity contribution in [1.82, 2.24) is 25.4 Å². The topological polar surface area (TPSA) is 78.9 Å². The molecule has 0 bridgehead atoms. The Labute approximate surface area is 112 Å². The predicted octanol–water partition coefficient (Wildman–Crippen LogP) is 1.58. The summed E-state index contributed by atoms with van der Waals surface area (Å²) in [7, 11) is 1.61. The van der Waals surface area contributed by atoms with Gasteiger partial charge in [-0.2, -0.15) is 16.1 Å². The highest BCUT2D eigenvalue weighted by Crippen LogP contribution is 2.16. The van der Waals surface area contributed by atoms with Crippen LogP contribution in [0.15, 0.2) is 27.4 Å². The molecular weight excluding hydrogens is 266 g/mol. The van der Waals surface area contributed by atoms with Crippen LogP contribution in [0.2, 0.25) is 0 Å². The van der Waals surface area contributed by atoms with E-state index in [0.29, 0.717) is 24.7 Å². The molecule has 0 spiro atoms. The molecule has 19 heavy (non-hydrogen) atoms. The van der Waals surface area contributed by atoms with Crippen LogP contribution in [0.5, 0.6) is 0 Å². The van der Waals surface area contributed by atoms with Crippen LogP contribution in [0.1, 0.15) is 11.5 Å². The second-order valence-electron chi connectivity index (χ2n) is 3.87. The van der Waals surface area contributed by atoms with Gasteiger partial charge in [0.1, 0.15) is 18.8 Å². The first-order valence-corrected chi connectivity index (χ1v) is 6.53. The summed E-state index contributed by atoms with van der Waals surface area (Å²) < 4.78 is 10.1. The summed E-state index contributed by atoms with van der Waals surface area (Å²) in [6.45, 7) is 0.822. The molecule has 0 aromatic carbocycles. The Kier molecular flexibility index (Phi) is 3.34. The van der Waals surface area contributed by atoms with E-state index in [1.165, 1.54) is 4.80 Å². The number of rotatable bonds is 5. The van der Waals surface area contributed by atoms with Crippen molar-refractivity contribution in [2.45, 2.75) is 13.2 Å². The number of methoxy groups -OCH3 is 1. The summed E-state index contributed by atoms with van der Waals surface area (Å²) in [5, 5.41) is 20.2. The fourth-order valence-electron chi connectivity index (χ4n) is 1.60. The number of aromatic nitrogens is 5. The summed E-state index contributed by atoms with van der Waals surface area (Å²) in [4.78, 5) is 1.49. The molecule has 0 aliphatic heterocycles. The molecule has 3 aromatic heterocycles. The summed E-state index contributed by atoms with van der Waals surface area (Å²) in [6.07, 6.45) is 0. The van der Waals surface area contributed by atoms with Crippen molar-refractivity contribution in [3.05, 3.63) is 34.3 Å². The van der Waals surface area contributed by atoms with Gasteiger partial charge in [0.2, 0.25) is 5.82 Å². The number of tetrazole rings is 1. The van der Waals surface area contributed by atoms with Gasteiger partial charge in [-0.05, 0) is 16.7 Å². The van der Waals surface area contributed by atoms with Gasteiger partial charge in [-0.15, -0.1) is 10.2 Å². The number of hydrogen-bond donors (Lipinski definition) is 0. The van der Waals surface area contributed by atoms with Gasteiger partial charge in [0.05, 0.1) is 0 Å². The molecule has 0 saturated heterocycles. The molecule has 3 rings (SSSR count). The largest absolute Gasteiger partial charge is 0.377 e. The average Bonchev–Trinajstić information content (AvgIpc) is 3.10. The second-order valence-corrected chi connectivity index (χ2v) is 4.65. The lowest BCUT2D eigenvalue weighted by Crippen LogP contribution is -2.04. The molecular formula is C11H11N5O2S. The third-order valence-electron chi connectivity index (χ3n) is 2.43. The molecule has 0 N–H and O–H groups in total. The lowest BCUT2D eigenvalue weighted by molar-refractivity contribution is 0.155.